The fourth-order valence-corrected chi connectivity index (χ4v) is 3.00. The Morgan fingerprint density at radius 1 is 1.00 bits per heavy atom. The van der Waals surface area contributed by atoms with Gasteiger partial charge >= 0.3 is 0 Å². The molecule has 0 aromatic heterocycles. The third-order valence-electron chi connectivity index (χ3n) is 3.85. The van der Waals surface area contributed by atoms with Crippen molar-refractivity contribution in [1.82, 2.24) is 5.32 Å². The summed E-state index contributed by atoms with van der Waals surface area (Å²) < 4.78 is 1.19. The Hall–Kier alpha value is -0.830. The lowest BCUT2D eigenvalue weighted by Gasteiger charge is -2.21. The maximum absolute atomic E-state index is 10.1. The van der Waals surface area contributed by atoms with Crippen molar-refractivity contribution in [1.29, 1.82) is 0 Å². The van der Waals surface area contributed by atoms with E-state index in [0.717, 1.165) is 25.3 Å². The van der Waals surface area contributed by atoms with Gasteiger partial charge in [-0.1, -0.05) is 61.2 Å². The number of benzene rings is 1. The van der Waals surface area contributed by atoms with Crippen molar-refractivity contribution < 1.29 is 4.79 Å². The highest BCUT2D eigenvalue weighted by molar-refractivity contribution is 9.10. The van der Waals surface area contributed by atoms with Crippen LogP contribution in [0.1, 0.15) is 70.3 Å². The Morgan fingerprint density at radius 3 is 2.05 bits per heavy atom. The molecule has 21 heavy (non-hydrogen) atoms. The van der Waals surface area contributed by atoms with Crippen LogP contribution in [-0.4, -0.2) is 12.5 Å². The largest absolute Gasteiger partial charge is 0.356 e. The van der Waals surface area contributed by atoms with Crippen LogP contribution in [0.2, 0.25) is 0 Å². The molecule has 1 amide bonds. The van der Waals surface area contributed by atoms with Crippen LogP contribution in [0.25, 0.3) is 0 Å². The number of amides is 1. The normalized spacial score (nSPS) is 18.0. The van der Waals surface area contributed by atoms with Crippen LogP contribution in [0.4, 0.5) is 0 Å². The Morgan fingerprint density at radius 2 is 1.62 bits per heavy atom. The van der Waals surface area contributed by atoms with Gasteiger partial charge in [0.25, 0.3) is 0 Å². The minimum absolute atomic E-state index is 0.204. The van der Waals surface area contributed by atoms with E-state index in [0.29, 0.717) is 0 Å². The van der Waals surface area contributed by atoms with Crippen molar-refractivity contribution in [3.05, 3.63) is 34.3 Å². The summed E-state index contributed by atoms with van der Waals surface area (Å²) in [5.41, 5.74) is 1.53. The van der Waals surface area contributed by atoms with Crippen LogP contribution in [0.3, 0.4) is 0 Å². The molecule has 3 heteroatoms. The molecule has 1 aliphatic carbocycles. The predicted octanol–water partition coefficient (Wildman–Crippen LogP) is 5.42. The fourth-order valence-electron chi connectivity index (χ4n) is 2.74. The van der Waals surface area contributed by atoms with Gasteiger partial charge in [0.1, 0.15) is 0 Å². The highest BCUT2D eigenvalue weighted by atomic mass is 79.9. The molecule has 1 saturated heterocycles. The number of carbonyl (C=O) groups excluding carboxylic acids is 1. The second-order valence-corrected chi connectivity index (χ2v) is 6.26. The zero-order valence-corrected chi connectivity index (χ0v) is 14.9. The third kappa shape index (κ3) is 7.12. The summed E-state index contributed by atoms with van der Waals surface area (Å²) in [6, 6.07) is 8.84. The lowest BCUT2D eigenvalue weighted by Crippen LogP contribution is -2.12. The van der Waals surface area contributed by atoms with Gasteiger partial charge in [-0.05, 0) is 42.9 Å². The molecule has 0 unspecified atom stereocenters. The Labute approximate surface area is 137 Å². The van der Waals surface area contributed by atoms with Gasteiger partial charge in [0.15, 0.2) is 0 Å². The molecule has 0 radical (unpaired) electrons. The number of halogens is 1. The summed E-state index contributed by atoms with van der Waals surface area (Å²) in [4.78, 5) is 10.1. The highest BCUT2D eigenvalue weighted by Crippen LogP contribution is 2.32. The van der Waals surface area contributed by atoms with E-state index < -0.39 is 0 Å². The summed E-state index contributed by atoms with van der Waals surface area (Å²) in [5, 5.41) is 2.68. The standard InChI is InChI=1S/C12H15Br.C4H7NO.C2H6/c13-12-8-6-11(7-9-12)10-4-2-1-3-5-10;6-4-2-1-3-5-4;1-2/h6-10H,1-5H2;1-3H2,(H,5,6);1-2H3. The zero-order valence-electron chi connectivity index (χ0n) is 13.3. The van der Waals surface area contributed by atoms with Crippen molar-refractivity contribution in [2.24, 2.45) is 0 Å². The molecule has 1 aromatic carbocycles. The van der Waals surface area contributed by atoms with Crippen molar-refractivity contribution in [2.45, 2.75) is 64.7 Å². The van der Waals surface area contributed by atoms with Crippen LogP contribution in [0.15, 0.2) is 28.7 Å². The smallest absolute Gasteiger partial charge is 0.220 e. The molecule has 1 N–H and O–H groups in total. The lowest BCUT2D eigenvalue weighted by atomic mass is 9.84. The second kappa shape index (κ2) is 10.8. The first-order chi connectivity index (χ1) is 10.3. The molecule has 2 aliphatic rings. The average molecular weight is 354 g/mol. The van der Waals surface area contributed by atoms with Crippen molar-refractivity contribution in [2.75, 3.05) is 6.54 Å². The maximum Gasteiger partial charge on any atom is 0.220 e. The van der Waals surface area contributed by atoms with Crippen molar-refractivity contribution in [3.63, 3.8) is 0 Å². The Bertz CT molecular complexity index is 388. The first-order valence-electron chi connectivity index (χ1n) is 8.28. The van der Waals surface area contributed by atoms with E-state index in [4.69, 9.17) is 0 Å². The molecule has 1 heterocycles. The molecule has 0 bridgehead atoms. The summed E-state index contributed by atoms with van der Waals surface area (Å²) in [7, 11) is 0. The number of hydrogen-bond donors (Lipinski definition) is 1. The molecule has 1 aromatic rings. The molecule has 0 spiro atoms. The van der Waals surface area contributed by atoms with Gasteiger partial charge in [0, 0.05) is 17.4 Å². The Kier molecular flexibility index (Phi) is 9.40. The number of carbonyl (C=O) groups is 1. The monoisotopic (exact) mass is 353 g/mol. The lowest BCUT2D eigenvalue weighted by molar-refractivity contribution is -0.119. The topological polar surface area (TPSA) is 29.1 Å². The van der Waals surface area contributed by atoms with Gasteiger partial charge in [-0.15, -0.1) is 0 Å². The van der Waals surface area contributed by atoms with Crippen LogP contribution in [0, 0.1) is 0 Å². The quantitative estimate of drug-likeness (QED) is 0.717. The molecular weight excluding hydrogens is 326 g/mol. The molecule has 3 rings (SSSR count). The zero-order chi connectivity index (χ0) is 15.5. The average Bonchev–Trinajstić information content (AvgIpc) is 3.03. The van der Waals surface area contributed by atoms with Gasteiger partial charge in [0.05, 0.1) is 0 Å². The second-order valence-electron chi connectivity index (χ2n) is 5.34. The molecule has 118 valence electrons. The number of nitrogens with one attached hydrogen (secondary N) is 1. The van der Waals surface area contributed by atoms with E-state index in [2.05, 4.69) is 45.5 Å². The minimum atomic E-state index is 0.204. The first-order valence-corrected chi connectivity index (χ1v) is 9.07. The highest BCUT2D eigenvalue weighted by Gasteiger charge is 2.14. The molecule has 1 aliphatic heterocycles. The Balaban J connectivity index is 0.000000231. The van der Waals surface area contributed by atoms with Crippen LogP contribution in [-0.2, 0) is 4.79 Å². The summed E-state index contributed by atoms with van der Waals surface area (Å²) in [5.74, 6) is 1.04. The number of rotatable bonds is 1. The number of hydrogen-bond acceptors (Lipinski definition) is 1. The summed E-state index contributed by atoms with van der Waals surface area (Å²) >= 11 is 3.47. The SMILES string of the molecule is Brc1ccc(C2CCCCC2)cc1.CC.O=C1CCCN1. The molecule has 2 fully saturated rings. The van der Waals surface area contributed by atoms with E-state index in [1.807, 2.05) is 13.8 Å². The van der Waals surface area contributed by atoms with E-state index in [-0.39, 0.29) is 5.91 Å². The van der Waals surface area contributed by atoms with Gasteiger partial charge in [0.2, 0.25) is 5.91 Å². The molecule has 1 saturated carbocycles. The molecule has 0 atom stereocenters. The summed E-state index contributed by atoms with van der Waals surface area (Å²) in [6.07, 6.45) is 8.82. The van der Waals surface area contributed by atoms with E-state index in [1.165, 1.54) is 42.1 Å². The van der Waals surface area contributed by atoms with E-state index in [9.17, 15) is 4.79 Å². The first kappa shape index (κ1) is 18.2. The fraction of sp³-hybridized carbons (Fsp3) is 0.611. The van der Waals surface area contributed by atoms with Crippen LogP contribution < -0.4 is 5.32 Å². The summed E-state index contributed by atoms with van der Waals surface area (Å²) in [6.45, 7) is 4.89. The van der Waals surface area contributed by atoms with E-state index in [1.54, 1.807) is 0 Å². The predicted molar refractivity (Wildman–Crippen MR) is 93.6 cm³/mol. The minimum Gasteiger partial charge on any atom is -0.356 e. The van der Waals surface area contributed by atoms with Gasteiger partial charge < -0.3 is 5.32 Å². The molecular formula is C18H28BrNO. The van der Waals surface area contributed by atoms with Crippen LogP contribution >= 0.6 is 15.9 Å². The van der Waals surface area contributed by atoms with Gasteiger partial charge in [-0.3, -0.25) is 4.79 Å². The van der Waals surface area contributed by atoms with Crippen molar-refractivity contribution in [3.8, 4) is 0 Å². The third-order valence-corrected chi connectivity index (χ3v) is 4.38. The van der Waals surface area contributed by atoms with Gasteiger partial charge in [-0.25, -0.2) is 0 Å². The molecule has 2 nitrogen and oxygen atoms in total. The maximum atomic E-state index is 10.1. The van der Waals surface area contributed by atoms with Gasteiger partial charge in [-0.2, -0.15) is 0 Å². The van der Waals surface area contributed by atoms with Crippen LogP contribution in [0.5, 0.6) is 0 Å². The van der Waals surface area contributed by atoms with E-state index >= 15 is 0 Å². The van der Waals surface area contributed by atoms with Crippen molar-refractivity contribution >= 4 is 21.8 Å².